The first kappa shape index (κ1) is 69.5. The van der Waals surface area contributed by atoms with Crippen molar-refractivity contribution in [1.82, 2.24) is 0 Å². The zero-order valence-electron chi connectivity index (χ0n) is 47.7. The molecule has 2 atom stereocenters. The highest BCUT2D eigenvalue weighted by atomic mass is 31.2. The van der Waals surface area contributed by atoms with Crippen molar-refractivity contribution in [2.45, 2.75) is 309 Å². The fourth-order valence-electron chi connectivity index (χ4n) is 8.95. The lowest BCUT2D eigenvalue weighted by molar-refractivity contribution is -0.870. The van der Waals surface area contributed by atoms with Gasteiger partial charge in [0.2, 0.25) is 0 Å². The number of quaternary nitrogens is 1. The SMILES string of the molecule is CCCCCCCCC/C=C\CCCCCCCCCC(=O)OCC(COP(=O)(O)OCC[N+](C)(C)C)OC(=O)CCCCCCCCCCCCCCCCCCC/C=C\CCCCCCCCCC. The molecule has 0 spiro atoms. The molecule has 2 unspecified atom stereocenters. The van der Waals surface area contributed by atoms with Crippen LogP contribution < -0.4 is 0 Å². The minimum atomic E-state index is -4.38. The predicted molar refractivity (Wildman–Crippen MR) is 303 cm³/mol. The van der Waals surface area contributed by atoms with Crippen molar-refractivity contribution >= 4 is 19.8 Å². The van der Waals surface area contributed by atoms with Crippen molar-refractivity contribution < 1.29 is 42.1 Å². The largest absolute Gasteiger partial charge is 0.472 e. The van der Waals surface area contributed by atoms with E-state index in [-0.39, 0.29) is 32.0 Å². The zero-order valence-corrected chi connectivity index (χ0v) is 48.6. The maximum Gasteiger partial charge on any atom is 0.472 e. The number of hydrogen-bond donors (Lipinski definition) is 1. The van der Waals surface area contributed by atoms with E-state index in [9.17, 15) is 19.0 Å². The number of likely N-dealkylation sites (N-methyl/N-ethyl adjacent to an activating group) is 1. The average Bonchev–Trinajstić information content (AvgIpc) is 3.33. The molecule has 10 heteroatoms. The van der Waals surface area contributed by atoms with Crippen LogP contribution in [-0.4, -0.2) is 74.9 Å². The van der Waals surface area contributed by atoms with E-state index in [1.165, 1.54) is 238 Å². The second-order valence-corrected chi connectivity index (χ2v) is 23.5. The topological polar surface area (TPSA) is 108 Å². The van der Waals surface area contributed by atoms with E-state index in [1.807, 2.05) is 21.1 Å². The summed E-state index contributed by atoms with van der Waals surface area (Å²) in [4.78, 5) is 35.7. The predicted octanol–water partition coefficient (Wildman–Crippen LogP) is 19.0. The number of hydrogen-bond acceptors (Lipinski definition) is 7. The standard InChI is InChI=1S/C61H118NO8P/c1-6-8-10-12-14-16-18-20-22-24-26-27-28-29-30-31-32-33-34-35-36-38-40-42-44-46-48-50-52-54-61(64)70-59(58-69-71(65,66)68-56-55-62(3,4)5)57-67-60(63)53-51-49-47-45-43-41-39-37-25-23-21-19-17-15-13-11-9-7-2/h23-26,59H,6-22,27-58H2,1-5H3/p+1/b25-23-,26-24-. The second-order valence-electron chi connectivity index (χ2n) is 22.1. The van der Waals surface area contributed by atoms with E-state index in [4.69, 9.17) is 18.5 Å². The second kappa shape index (κ2) is 53.3. The molecule has 0 fully saturated rings. The Kier molecular flexibility index (Phi) is 52.2. The first-order valence-corrected chi connectivity index (χ1v) is 32.1. The lowest BCUT2D eigenvalue weighted by atomic mass is 10.0. The number of nitrogens with zero attached hydrogens (tertiary/aromatic N) is 1. The maximum absolute atomic E-state index is 12.8. The first-order valence-electron chi connectivity index (χ1n) is 30.6. The lowest BCUT2D eigenvalue weighted by Gasteiger charge is -2.24. The molecule has 0 saturated carbocycles. The summed E-state index contributed by atoms with van der Waals surface area (Å²) in [7, 11) is 1.49. The van der Waals surface area contributed by atoms with Gasteiger partial charge < -0.3 is 18.9 Å². The van der Waals surface area contributed by atoms with Gasteiger partial charge in [-0.1, -0.05) is 250 Å². The summed E-state index contributed by atoms with van der Waals surface area (Å²) in [6.07, 6.45) is 64.0. The van der Waals surface area contributed by atoms with Crippen molar-refractivity contribution in [2.24, 2.45) is 0 Å². The highest BCUT2D eigenvalue weighted by molar-refractivity contribution is 7.47. The van der Waals surface area contributed by atoms with Gasteiger partial charge in [-0.15, -0.1) is 0 Å². The van der Waals surface area contributed by atoms with Gasteiger partial charge >= 0.3 is 19.8 Å². The van der Waals surface area contributed by atoms with Gasteiger partial charge in [-0.25, -0.2) is 4.57 Å². The Morgan fingerprint density at radius 2 is 0.718 bits per heavy atom. The van der Waals surface area contributed by atoms with Crippen LogP contribution in [0.2, 0.25) is 0 Å². The van der Waals surface area contributed by atoms with E-state index < -0.39 is 26.5 Å². The summed E-state index contributed by atoms with van der Waals surface area (Å²) >= 11 is 0. The maximum atomic E-state index is 12.8. The number of esters is 2. The molecule has 0 radical (unpaired) electrons. The minimum absolute atomic E-state index is 0.0336. The summed E-state index contributed by atoms with van der Waals surface area (Å²) < 4.78 is 34.6. The van der Waals surface area contributed by atoms with Crippen LogP contribution in [0.25, 0.3) is 0 Å². The number of rotatable bonds is 57. The Labute approximate surface area is 440 Å². The quantitative estimate of drug-likeness (QED) is 0.0211. The van der Waals surface area contributed by atoms with E-state index in [0.29, 0.717) is 17.4 Å². The Hall–Kier alpha value is -1.51. The van der Waals surface area contributed by atoms with Crippen LogP contribution in [0.5, 0.6) is 0 Å². The van der Waals surface area contributed by atoms with Crippen LogP contribution in [-0.2, 0) is 32.7 Å². The Morgan fingerprint density at radius 1 is 0.423 bits per heavy atom. The van der Waals surface area contributed by atoms with Crippen LogP contribution in [0.4, 0.5) is 0 Å². The first-order chi connectivity index (χ1) is 34.5. The molecule has 0 aliphatic carbocycles. The third kappa shape index (κ3) is 57.6. The smallest absolute Gasteiger partial charge is 0.462 e. The number of ether oxygens (including phenoxy) is 2. The molecular formula is C61H119NO8P+. The fraction of sp³-hybridized carbons (Fsp3) is 0.902. The fourth-order valence-corrected chi connectivity index (χ4v) is 9.69. The van der Waals surface area contributed by atoms with Gasteiger partial charge in [0.05, 0.1) is 27.7 Å². The molecule has 0 heterocycles. The van der Waals surface area contributed by atoms with E-state index in [0.717, 1.165) is 32.1 Å². The van der Waals surface area contributed by atoms with Crippen LogP contribution in [0, 0.1) is 0 Å². The third-order valence-electron chi connectivity index (χ3n) is 13.7. The van der Waals surface area contributed by atoms with Gasteiger partial charge in [-0.2, -0.15) is 0 Å². The number of unbranched alkanes of at least 4 members (excludes halogenated alkanes) is 39. The number of phosphoric acid groups is 1. The van der Waals surface area contributed by atoms with Crippen LogP contribution >= 0.6 is 7.82 Å². The number of carbonyl (C=O) groups is 2. The monoisotopic (exact) mass is 1020 g/mol. The Morgan fingerprint density at radius 3 is 1.04 bits per heavy atom. The molecule has 420 valence electrons. The summed E-state index contributed by atoms with van der Waals surface area (Å²) in [5, 5.41) is 0. The van der Waals surface area contributed by atoms with E-state index >= 15 is 0 Å². The molecule has 9 nitrogen and oxygen atoms in total. The van der Waals surface area contributed by atoms with Gasteiger partial charge in [0.1, 0.15) is 19.8 Å². The van der Waals surface area contributed by atoms with Crippen molar-refractivity contribution in [1.29, 1.82) is 0 Å². The molecule has 0 rings (SSSR count). The molecule has 0 bridgehead atoms. The van der Waals surface area contributed by atoms with Crippen molar-refractivity contribution in [3.8, 4) is 0 Å². The summed E-state index contributed by atoms with van der Waals surface area (Å²) in [6, 6.07) is 0. The van der Waals surface area contributed by atoms with Gasteiger partial charge in [0, 0.05) is 12.8 Å². The molecule has 0 aromatic rings. The molecule has 0 aliphatic rings. The molecule has 0 aromatic heterocycles. The third-order valence-corrected chi connectivity index (χ3v) is 14.7. The van der Waals surface area contributed by atoms with Gasteiger partial charge in [0.25, 0.3) is 0 Å². The molecule has 71 heavy (non-hydrogen) atoms. The van der Waals surface area contributed by atoms with Crippen LogP contribution in [0.15, 0.2) is 24.3 Å². The van der Waals surface area contributed by atoms with Gasteiger partial charge in [0.15, 0.2) is 6.10 Å². The van der Waals surface area contributed by atoms with E-state index in [1.54, 1.807) is 0 Å². The molecular weight excluding hydrogens is 906 g/mol. The molecule has 0 aromatic carbocycles. The molecule has 0 amide bonds. The Balaban J connectivity index is 4.06. The van der Waals surface area contributed by atoms with Gasteiger partial charge in [-0.05, 0) is 64.2 Å². The summed E-state index contributed by atoms with van der Waals surface area (Å²) in [5.41, 5.74) is 0. The van der Waals surface area contributed by atoms with Crippen LogP contribution in [0.3, 0.4) is 0 Å². The summed E-state index contributed by atoms with van der Waals surface area (Å²) in [6.45, 7) is 4.48. The minimum Gasteiger partial charge on any atom is -0.462 e. The lowest BCUT2D eigenvalue weighted by Crippen LogP contribution is -2.37. The molecule has 1 N–H and O–H groups in total. The number of allylic oxidation sites excluding steroid dienone is 4. The van der Waals surface area contributed by atoms with E-state index in [2.05, 4.69) is 38.2 Å². The zero-order chi connectivity index (χ0) is 52.0. The van der Waals surface area contributed by atoms with Crippen LogP contribution in [0.1, 0.15) is 303 Å². The Bertz CT molecular complexity index is 1250. The molecule has 0 aliphatic heterocycles. The molecule has 0 saturated heterocycles. The van der Waals surface area contributed by atoms with Gasteiger partial charge in [-0.3, -0.25) is 18.6 Å². The normalized spacial score (nSPS) is 13.4. The highest BCUT2D eigenvalue weighted by Gasteiger charge is 2.27. The van der Waals surface area contributed by atoms with Crippen molar-refractivity contribution in [2.75, 3.05) is 47.5 Å². The van der Waals surface area contributed by atoms with Crippen molar-refractivity contribution in [3.05, 3.63) is 24.3 Å². The summed E-state index contributed by atoms with van der Waals surface area (Å²) in [5.74, 6) is -0.786. The number of phosphoric ester groups is 1. The van der Waals surface area contributed by atoms with Crippen molar-refractivity contribution in [3.63, 3.8) is 0 Å². The highest BCUT2D eigenvalue weighted by Crippen LogP contribution is 2.43. The average molecular weight is 1030 g/mol. The number of carbonyl (C=O) groups excluding carboxylic acids is 2.